The van der Waals surface area contributed by atoms with Crippen LogP contribution in [0.3, 0.4) is 0 Å². The van der Waals surface area contributed by atoms with E-state index in [1.165, 1.54) is 0 Å². The highest BCUT2D eigenvalue weighted by molar-refractivity contribution is 5.69. The molecular formula is C16H36O8. The minimum Gasteiger partial charge on any atom is -0.462 e. The molecule has 0 saturated heterocycles. The third-order valence-electron chi connectivity index (χ3n) is 1.70. The third kappa shape index (κ3) is 49.8. The standard InChI is InChI=1S/C8H14O4.C4H10O.C2H6O2.C2H6O/c1-3-7(9)11-5-6-12-8(10)4-2;1-3-5-4-2;3-1-2-4;1-3-2/h3-6H2,1-2H3;3-4H2,1-2H3;3-4H,1-2H2;1-2H3. The SMILES string of the molecule is CCC(=O)OCCOC(=O)CC.CCOCC.COC.OCCO. The predicted octanol–water partition coefficient (Wildman–Crippen LogP) is 1.17. The molecular weight excluding hydrogens is 320 g/mol. The van der Waals surface area contributed by atoms with Gasteiger partial charge in [-0.2, -0.15) is 0 Å². The zero-order chi connectivity index (χ0) is 19.6. The van der Waals surface area contributed by atoms with E-state index in [0.29, 0.717) is 12.8 Å². The van der Waals surface area contributed by atoms with Crippen LogP contribution in [0.15, 0.2) is 0 Å². The molecule has 0 amide bonds. The van der Waals surface area contributed by atoms with Gasteiger partial charge in [-0.1, -0.05) is 13.8 Å². The number of carbonyl (C=O) groups excluding carboxylic acids is 2. The Kier molecular flexibility index (Phi) is 42.6. The minimum absolute atomic E-state index is 0.125. The zero-order valence-electron chi connectivity index (χ0n) is 16.0. The van der Waals surface area contributed by atoms with E-state index in [2.05, 4.69) is 14.2 Å². The largest absolute Gasteiger partial charge is 0.462 e. The van der Waals surface area contributed by atoms with Crippen molar-refractivity contribution in [1.82, 2.24) is 0 Å². The summed E-state index contributed by atoms with van der Waals surface area (Å²) in [5, 5.41) is 15.2. The Morgan fingerprint density at radius 3 is 1.17 bits per heavy atom. The molecule has 2 N–H and O–H groups in total. The maximum absolute atomic E-state index is 10.6. The molecule has 0 radical (unpaired) electrons. The first-order chi connectivity index (χ1) is 11.4. The van der Waals surface area contributed by atoms with Gasteiger partial charge in [-0.05, 0) is 13.8 Å². The molecule has 0 atom stereocenters. The van der Waals surface area contributed by atoms with Gasteiger partial charge in [-0.3, -0.25) is 9.59 Å². The van der Waals surface area contributed by atoms with Crippen LogP contribution in [0.5, 0.6) is 0 Å². The van der Waals surface area contributed by atoms with E-state index < -0.39 is 0 Å². The summed E-state index contributed by atoms with van der Waals surface area (Å²) in [7, 11) is 3.25. The summed E-state index contributed by atoms with van der Waals surface area (Å²) in [6.45, 7) is 9.14. The number of ether oxygens (including phenoxy) is 4. The smallest absolute Gasteiger partial charge is 0.305 e. The zero-order valence-corrected chi connectivity index (χ0v) is 16.0. The van der Waals surface area contributed by atoms with Gasteiger partial charge in [0.2, 0.25) is 0 Å². The Morgan fingerprint density at radius 2 is 1.04 bits per heavy atom. The molecule has 0 aromatic carbocycles. The highest BCUT2D eigenvalue weighted by Crippen LogP contribution is 1.87. The summed E-state index contributed by atoms with van der Waals surface area (Å²) in [6.07, 6.45) is 0.698. The van der Waals surface area contributed by atoms with Gasteiger partial charge in [0.25, 0.3) is 0 Å². The first-order valence-electron chi connectivity index (χ1n) is 7.96. The number of rotatable bonds is 8. The van der Waals surface area contributed by atoms with Crippen molar-refractivity contribution in [2.24, 2.45) is 0 Å². The summed E-state index contributed by atoms with van der Waals surface area (Å²) in [5.74, 6) is -0.551. The first-order valence-corrected chi connectivity index (χ1v) is 7.96. The van der Waals surface area contributed by atoms with E-state index in [-0.39, 0.29) is 38.4 Å². The maximum atomic E-state index is 10.6. The molecule has 0 aromatic heterocycles. The molecule has 0 saturated carbocycles. The Morgan fingerprint density at radius 1 is 0.750 bits per heavy atom. The summed E-state index contributed by atoms with van der Waals surface area (Å²) in [6, 6.07) is 0. The van der Waals surface area contributed by atoms with Gasteiger partial charge in [0, 0.05) is 40.3 Å². The molecule has 0 aliphatic carbocycles. The van der Waals surface area contributed by atoms with Crippen molar-refractivity contribution in [1.29, 1.82) is 0 Å². The van der Waals surface area contributed by atoms with E-state index in [4.69, 9.17) is 14.9 Å². The highest BCUT2D eigenvalue weighted by atomic mass is 16.6. The van der Waals surface area contributed by atoms with Crippen molar-refractivity contribution in [2.45, 2.75) is 40.5 Å². The molecule has 0 bridgehead atoms. The van der Waals surface area contributed by atoms with Crippen molar-refractivity contribution in [3.05, 3.63) is 0 Å². The van der Waals surface area contributed by atoms with Crippen molar-refractivity contribution < 1.29 is 38.7 Å². The number of aliphatic hydroxyl groups excluding tert-OH is 2. The number of methoxy groups -OCH3 is 1. The Labute approximate surface area is 146 Å². The van der Waals surface area contributed by atoms with Gasteiger partial charge < -0.3 is 29.2 Å². The number of hydrogen-bond acceptors (Lipinski definition) is 8. The summed E-state index contributed by atoms with van der Waals surface area (Å²) >= 11 is 0. The Balaban J connectivity index is -0.000000137. The molecule has 0 spiro atoms. The Bertz CT molecular complexity index is 212. The lowest BCUT2D eigenvalue weighted by Crippen LogP contribution is -2.12. The van der Waals surface area contributed by atoms with Crippen LogP contribution in [0.1, 0.15) is 40.5 Å². The number of hydrogen-bond donors (Lipinski definition) is 2. The van der Waals surface area contributed by atoms with Gasteiger partial charge in [0.15, 0.2) is 0 Å². The number of aliphatic hydroxyl groups is 2. The third-order valence-corrected chi connectivity index (χ3v) is 1.70. The number of esters is 2. The normalized spacial score (nSPS) is 8.33. The fourth-order valence-electron chi connectivity index (χ4n) is 0.719. The Hall–Kier alpha value is -1.22. The second-order valence-corrected chi connectivity index (χ2v) is 3.78. The molecule has 0 rings (SSSR count). The topological polar surface area (TPSA) is 112 Å². The molecule has 0 aliphatic rings. The highest BCUT2D eigenvalue weighted by Gasteiger charge is 2.00. The summed E-state index contributed by atoms with van der Waals surface area (Å²) in [5.41, 5.74) is 0. The van der Waals surface area contributed by atoms with Crippen molar-refractivity contribution >= 4 is 11.9 Å². The molecule has 0 aliphatic heterocycles. The molecule has 0 aromatic rings. The van der Waals surface area contributed by atoms with Crippen LogP contribution in [-0.4, -0.2) is 76.0 Å². The van der Waals surface area contributed by atoms with E-state index in [1.54, 1.807) is 28.1 Å². The van der Waals surface area contributed by atoms with Gasteiger partial charge >= 0.3 is 11.9 Å². The predicted molar refractivity (Wildman–Crippen MR) is 91.8 cm³/mol. The lowest BCUT2D eigenvalue weighted by molar-refractivity contribution is -0.151. The molecule has 0 unspecified atom stereocenters. The molecule has 0 heterocycles. The van der Waals surface area contributed by atoms with Gasteiger partial charge in [-0.25, -0.2) is 0 Å². The maximum Gasteiger partial charge on any atom is 0.305 e. The van der Waals surface area contributed by atoms with Crippen LogP contribution in [0, 0.1) is 0 Å². The molecule has 148 valence electrons. The molecule has 8 heteroatoms. The number of carbonyl (C=O) groups is 2. The van der Waals surface area contributed by atoms with E-state index in [0.717, 1.165) is 13.2 Å². The van der Waals surface area contributed by atoms with Crippen molar-refractivity contribution in [3.8, 4) is 0 Å². The van der Waals surface area contributed by atoms with E-state index >= 15 is 0 Å². The monoisotopic (exact) mass is 356 g/mol. The fourth-order valence-corrected chi connectivity index (χ4v) is 0.719. The molecule has 8 nitrogen and oxygen atoms in total. The van der Waals surface area contributed by atoms with Gasteiger partial charge in [0.1, 0.15) is 13.2 Å². The summed E-state index contributed by atoms with van der Waals surface area (Å²) < 4.78 is 18.4. The van der Waals surface area contributed by atoms with E-state index in [1.807, 2.05) is 13.8 Å². The first kappa shape index (κ1) is 30.6. The lowest BCUT2D eigenvalue weighted by atomic mass is 10.5. The van der Waals surface area contributed by atoms with Crippen LogP contribution in [0.4, 0.5) is 0 Å². The molecule has 24 heavy (non-hydrogen) atoms. The van der Waals surface area contributed by atoms with Crippen molar-refractivity contribution in [2.75, 3.05) is 53.9 Å². The van der Waals surface area contributed by atoms with E-state index in [9.17, 15) is 9.59 Å². The second-order valence-electron chi connectivity index (χ2n) is 3.78. The lowest BCUT2D eigenvalue weighted by Gasteiger charge is -2.03. The van der Waals surface area contributed by atoms with Crippen LogP contribution in [0.25, 0.3) is 0 Å². The quantitative estimate of drug-likeness (QED) is 0.492. The average Bonchev–Trinajstić information content (AvgIpc) is 2.60. The van der Waals surface area contributed by atoms with Crippen LogP contribution >= 0.6 is 0 Å². The van der Waals surface area contributed by atoms with Crippen molar-refractivity contribution in [3.63, 3.8) is 0 Å². The van der Waals surface area contributed by atoms with Gasteiger partial charge in [-0.15, -0.1) is 0 Å². The van der Waals surface area contributed by atoms with Crippen LogP contribution < -0.4 is 0 Å². The summed E-state index contributed by atoms with van der Waals surface area (Å²) in [4.78, 5) is 21.1. The van der Waals surface area contributed by atoms with Crippen LogP contribution in [-0.2, 0) is 28.5 Å². The second kappa shape index (κ2) is 33.4. The van der Waals surface area contributed by atoms with Gasteiger partial charge in [0.05, 0.1) is 13.2 Å². The van der Waals surface area contributed by atoms with Crippen LogP contribution in [0.2, 0.25) is 0 Å². The molecule has 0 fully saturated rings. The fraction of sp³-hybridized carbons (Fsp3) is 0.875. The average molecular weight is 356 g/mol. The minimum atomic E-state index is -0.275.